The van der Waals surface area contributed by atoms with Crippen LogP contribution >= 0.6 is 11.1 Å². The van der Waals surface area contributed by atoms with E-state index < -0.39 is 11.1 Å². The quantitative estimate of drug-likeness (QED) is 0.445. The van der Waals surface area contributed by atoms with Crippen molar-refractivity contribution >= 4 is 40.1 Å². The molecule has 2 heterocycles. The minimum Gasteiger partial charge on any atom is -0.546 e. The van der Waals surface area contributed by atoms with E-state index in [1.165, 1.54) is 0 Å². The number of nitrogens with zero attached hydrogens (tertiary/aromatic N) is 3. The van der Waals surface area contributed by atoms with Crippen molar-refractivity contribution in [3.8, 4) is 5.75 Å². The predicted octanol–water partition coefficient (Wildman–Crippen LogP) is 3.63. The van der Waals surface area contributed by atoms with Gasteiger partial charge in [-0.3, -0.25) is 4.79 Å². The zero-order valence-electron chi connectivity index (χ0n) is 15.0. The molecule has 0 radical (unpaired) electrons. The molecule has 2 aromatic carbocycles. The molecule has 1 aliphatic rings. The van der Waals surface area contributed by atoms with Crippen molar-refractivity contribution in [2.45, 2.75) is 12.8 Å². The van der Waals surface area contributed by atoms with Gasteiger partial charge in [0.25, 0.3) is 5.91 Å². The molecule has 1 amide bonds. The van der Waals surface area contributed by atoms with Crippen molar-refractivity contribution in [3.05, 3.63) is 54.1 Å². The lowest BCUT2D eigenvalue weighted by Gasteiger charge is -2.17. The average Bonchev–Trinajstić information content (AvgIpc) is 3.34. The number of para-hydroxylation sites is 2. The van der Waals surface area contributed by atoms with E-state index in [4.69, 9.17) is 0 Å². The Labute approximate surface area is 165 Å². The molecule has 9 heteroatoms. The number of anilines is 4. The Balaban J connectivity index is 1.60. The molecule has 1 atom stereocenters. The first-order valence-electron chi connectivity index (χ1n) is 8.92. The number of aromatic nitrogens is 2. The number of amides is 1. The molecule has 3 aromatic rings. The molecule has 0 saturated carbocycles. The summed E-state index contributed by atoms with van der Waals surface area (Å²) in [6.45, 7) is 1.39. The van der Waals surface area contributed by atoms with Crippen LogP contribution < -0.4 is 10.6 Å². The lowest BCUT2D eigenvalue weighted by atomic mass is 10.1. The molecular weight excluding hydrogens is 378 g/mol. The highest BCUT2D eigenvalue weighted by atomic mass is 32.2. The molecule has 1 unspecified atom stereocenters. The molecular formula is C19H19N5O3S. The number of phenols is 1. The summed E-state index contributed by atoms with van der Waals surface area (Å²) in [7, 11) is 0. The maximum absolute atomic E-state index is 12.6. The van der Waals surface area contributed by atoms with E-state index in [1.54, 1.807) is 23.1 Å². The summed E-state index contributed by atoms with van der Waals surface area (Å²) >= 11 is -1.76. The van der Waals surface area contributed by atoms with E-state index in [-0.39, 0.29) is 23.0 Å². The van der Waals surface area contributed by atoms with Crippen LogP contribution in [-0.4, -0.2) is 42.3 Å². The van der Waals surface area contributed by atoms with Gasteiger partial charge in [-0.15, -0.1) is 0 Å². The molecule has 1 aromatic heterocycles. The molecule has 0 aliphatic carbocycles. The number of rotatable bonds is 5. The van der Waals surface area contributed by atoms with Crippen molar-refractivity contribution in [3.63, 3.8) is 0 Å². The Bertz CT molecular complexity index is 986. The Morgan fingerprint density at radius 2 is 1.68 bits per heavy atom. The number of likely N-dealkylation sites (tertiary alicyclic amines) is 1. The average molecular weight is 397 g/mol. The van der Waals surface area contributed by atoms with E-state index in [9.17, 15) is 14.5 Å². The fraction of sp³-hybridized carbons (Fsp3) is 0.211. The lowest BCUT2D eigenvalue weighted by molar-refractivity contribution is 0.0790. The molecule has 0 spiro atoms. The fourth-order valence-corrected chi connectivity index (χ4v) is 3.74. The SMILES string of the molecule is O=C(c1cccc(Nc2n[s+]([O-])nc2Nc2ccccc2)c1O)N1CCCC1. The summed E-state index contributed by atoms with van der Waals surface area (Å²) < 4.78 is 19.7. The highest BCUT2D eigenvalue weighted by molar-refractivity contribution is 7.14. The predicted molar refractivity (Wildman–Crippen MR) is 107 cm³/mol. The second kappa shape index (κ2) is 7.83. The molecule has 3 N–H and O–H groups in total. The van der Waals surface area contributed by atoms with E-state index in [0.717, 1.165) is 18.5 Å². The fourth-order valence-electron chi connectivity index (χ4n) is 3.12. The maximum atomic E-state index is 12.6. The summed E-state index contributed by atoms with van der Waals surface area (Å²) in [4.78, 5) is 14.4. The monoisotopic (exact) mass is 397 g/mol. The molecule has 4 rings (SSSR count). The number of aromatic hydroxyl groups is 1. The Hall–Kier alpha value is -3.17. The van der Waals surface area contributed by atoms with Crippen molar-refractivity contribution in [1.82, 2.24) is 13.6 Å². The minimum absolute atomic E-state index is 0.168. The molecule has 8 nitrogen and oxygen atoms in total. The van der Waals surface area contributed by atoms with E-state index in [1.807, 2.05) is 30.3 Å². The van der Waals surface area contributed by atoms with Crippen LogP contribution in [0.25, 0.3) is 0 Å². The standard InChI is InChI=1S/C19H19N5O3S/c25-16-14(19(26)24-11-4-5-12-24)9-6-10-15(16)21-18-17(22-28(27)23-18)20-13-7-2-1-3-8-13/h1-3,6-10,25H,4-5,11-12H2,(H,20,22)(H,21,23). The first-order valence-corrected chi connectivity index (χ1v) is 9.98. The van der Waals surface area contributed by atoms with Crippen molar-refractivity contribution in [2.75, 3.05) is 23.7 Å². The van der Waals surface area contributed by atoms with E-state index in [0.29, 0.717) is 24.6 Å². The smallest absolute Gasteiger partial charge is 0.257 e. The van der Waals surface area contributed by atoms with Gasteiger partial charge < -0.3 is 25.2 Å². The highest BCUT2D eigenvalue weighted by Crippen LogP contribution is 2.35. The number of hydrogen-bond donors (Lipinski definition) is 3. The van der Waals surface area contributed by atoms with Gasteiger partial charge in [0.15, 0.2) is 16.9 Å². The molecule has 1 saturated heterocycles. The minimum atomic E-state index is -1.76. The zero-order valence-corrected chi connectivity index (χ0v) is 15.8. The Morgan fingerprint density at radius 1 is 1.00 bits per heavy atom. The second-order valence-electron chi connectivity index (χ2n) is 6.43. The molecule has 0 bridgehead atoms. The summed E-state index contributed by atoms with van der Waals surface area (Å²) in [5, 5.41) is 16.6. The van der Waals surface area contributed by atoms with Crippen molar-refractivity contribution in [2.24, 2.45) is 0 Å². The van der Waals surface area contributed by atoms with Crippen LogP contribution in [0.1, 0.15) is 23.2 Å². The van der Waals surface area contributed by atoms with Crippen LogP contribution in [0.4, 0.5) is 23.0 Å². The topological polar surface area (TPSA) is 113 Å². The van der Waals surface area contributed by atoms with Gasteiger partial charge in [-0.2, -0.15) is 0 Å². The van der Waals surface area contributed by atoms with Crippen LogP contribution in [0.5, 0.6) is 5.75 Å². The van der Waals surface area contributed by atoms with Crippen LogP contribution in [0, 0.1) is 0 Å². The van der Waals surface area contributed by atoms with Gasteiger partial charge in [-0.1, -0.05) is 24.3 Å². The first kappa shape index (κ1) is 18.2. The highest BCUT2D eigenvalue weighted by Gasteiger charge is 2.24. The van der Waals surface area contributed by atoms with Gasteiger partial charge in [0.05, 0.1) is 11.3 Å². The Kier molecular flexibility index (Phi) is 5.09. The summed E-state index contributed by atoms with van der Waals surface area (Å²) in [5.41, 5.74) is 1.28. The van der Waals surface area contributed by atoms with Crippen LogP contribution in [0.3, 0.4) is 0 Å². The molecule has 144 valence electrons. The number of phenolic OH excluding ortho intramolecular Hbond substituents is 1. The van der Waals surface area contributed by atoms with Crippen LogP contribution in [0.2, 0.25) is 0 Å². The first-order chi connectivity index (χ1) is 13.6. The van der Waals surface area contributed by atoms with Gasteiger partial charge in [0, 0.05) is 27.5 Å². The van der Waals surface area contributed by atoms with E-state index in [2.05, 4.69) is 19.4 Å². The Morgan fingerprint density at radius 3 is 2.39 bits per heavy atom. The lowest BCUT2D eigenvalue weighted by Crippen LogP contribution is -2.27. The number of nitrogens with one attached hydrogen (secondary N) is 2. The van der Waals surface area contributed by atoms with Crippen molar-refractivity contribution < 1.29 is 14.5 Å². The maximum Gasteiger partial charge on any atom is 0.257 e. The third kappa shape index (κ3) is 3.75. The number of benzene rings is 2. The summed E-state index contributed by atoms with van der Waals surface area (Å²) in [6, 6.07) is 14.2. The number of carbonyl (C=O) groups excluding carboxylic acids is 1. The third-order valence-corrected chi connectivity index (χ3v) is 5.19. The summed E-state index contributed by atoms with van der Waals surface area (Å²) in [5.74, 6) is 0.147. The van der Waals surface area contributed by atoms with Gasteiger partial charge in [0.1, 0.15) is 0 Å². The largest absolute Gasteiger partial charge is 0.546 e. The zero-order chi connectivity index (χ0) is 19.5. The number of carbonyl (C=O) groups is 1. The van der Waals surface area contributed by atoms with Gasteiger partial charge in [-0.05, 0) is 37.1 Å². The second-order valence-corrected chi connectivity index (χ2v) is 7.25. The van der Waals surface area contributed by atoms with Crippen molar-refractivity contribution in [1.29, 1.82) is 0 Å². The van der Waals surface area contributed by atoms with Crippen LogP contribution in [0.15, 0.2) is 48.5 Å². The van der Waals surface area contributed by atoms with Gasteiger partial charge >= 0.3 is 0 Å². The number of hydrogen-bond acceptors (Lipinski definition) is 7. The van der Waals surface area contributed by atoms with Crippen LogP contribution in [-0.2, 0) is 0 Å². The van der Waals surface area contributed by atoms with E-state index >= 15 is 0 Å². The molecule has 1 aliphatic heterocycles. The third-order valence-electron chi connectivity index (χ3n) is 4.51. The molecule has 28 heavy (non-hydrogen) atoms. The van der Waals surface area contributed by atoms with Gasteiger partial charge in [0.2, 0.25) is 11.6 Å². The molecule has 1 fully saturated rings. The normalized spacial score (nSPS) is 14.2. The van der Waals surface area contributed by atoms with Gasteiger partial charge in [-0.25, -0.2) is 0 Å². The summed E-state index contributed by atoms with van der Waals surface area (Å²) in [6.07, 6.45) is 1.94.